The van der Waals surface area contributed by atoms with Crippen molar-refractivity contribution < 1.29 is 9.84 Å². The molecule has 5 heteroatoms. The van der Waals surface area contributed by atoms with Gasteiger partial charge in [0.1, 0.15) is 5.75 Å². The van der Waals surface area contributed by atoms with Crippen molar-refractivity contribution in [1.29, 1.82) is 0 Å². The molecule has 1 atom stereocenters. The summed E-state index contributed by atoms with van der Waals surface area (Å²) in [5.41, 5.74) is 2.16. The number of aliphatic hydroxyl groups is 1. The van der Waals surface area contributed by atoms with Gasteiger partial charge in [0.05, 0.1) is 18.9 Å². The minimum atomic E-state index is -0.499. The molecule has 0 aliphatic rings. The number of ether oxygens (including phenoxy) is 1. The first-order chi connectivity index (χ1) is 9.17. The summed E-state index contributed by atoms with van der Waals surface area (Å²) in [5, 5.41) is 16.7. The first kappa shape index (κ1) is 14.1. The predicted molar refractivity (Wildman–Crippen MR) is 76.8 cm³/mol. The van der Waals surface area contributed by atoms with E-state index in [0.29, 0.717) is 6.42 Å². The Kier molecular flexibility index (Phi) is 4.61. The quantitative estimate of drug-likeness (QED) is 0.885. The summed E-state index contributed by atoms with van der Waals surface area (Å²) in [6.45, 7) is 4.99. The molecule has 0 aliphatic carbocycles. The van der Waals surface area contributed by atoms with E-state index in [0.717, 1.165) is 35.0 Å². The van der Waals surface area contributed by atoms with Crippen LogP contribution in [0.1, 0.15) is 36.2 Å². The third kappa shape index (κ3) is 3.16. The third-order valence-electron chi connectivity index (χ3n) is 3.14. The van der Waals surface area contributed by atoms with Crippen molar-refractivity contribution in [2.75, 3.05) is 7.11 Å². The molecular formula is C14H20N2O2S. The van der Waals surface area contributed by atoms with Crippen molar-refractivity contribution >= 4 is 11.3 Å². The molecule has 0 aliphatic heterocycles. The number of hydrogen-bond acceptors (Lipinski definition) is 4. The molecule has 1 unspecified atom stereocenters. The van der Waals surface area contributed by atoms with Crippen LogP contribution in [0.5, 0.6) is 5.75 Å². The highest BCUT2D eigenvalue weighted by Crippen LogP contribution is 2.29. The minimum absolute atomic E-state index is 0.499. The summed E-state index contributed by atoms with van der Waals surface area (Å²) in [6.07, 6.45) is 1.01. The number of nitrogens with zero attached hydrogens (tertiary/aromatic N) is 2. The van der Waals surface area contributed by atoms with Crippen molar-refractivity contribution in [2.45, 2.75) is 39.3 Å². The van der Waals surface area contributed by atoms with Gasteiger partial charge in [0.25, 0.3) is 0 Å². The van der Waals surface area contributed by atoms with Crippen LogP contribution in [-0.2, 0) is 19.4 Å². The number of rotatable bonds is 6. The van der Waals surface area contributed by atoms with Gasteiger partial charge in [-0.3, -0.25) is 4.68 Å². The highest BCUT2D eigenvalue weighted by Gasteiger charge is 2.15. The Morgan fingerprint density at radius 3 is 2.79 bits per heavy atom. The summed E-state index contributed by atoms with van der Waals surface area (Å²) in [7, 11) is 1.64. The van der Waals surface area contributed by atoms with Gasteiger partial charge in [0, 0.05) is 28.9 Å². The zero-order chi connectivity index (χ0) is 13.8. The molecule has 2 heterocycles. The summed E-state index contributed by atoms with van der Waals surface area (Å²) < 4.78 is 7.11. The minimum Gasteiger partial charge on any atom is -0.496 e. The molecule has 1 N–H and O–H groups in total. The monoisotopic (exact) mass is 280 g/mol. The zero-order valence-electron chi connectivity index (χ0n) is 11.6. The molecule has 104 valence electrons. The summed E-state index contributed by atoms with van der Waals surface area (Å²) in [4.78, 5) is 0.929. The van der Waals surface area contributed by atoms with Crippen LogP contribution in [-0.4, -0.2) is 22.0 Å². The number of aromatic nitrogens is 2. The van der Waals surface area contributed by atoms with Crippen LogP contribution in [0.3, 0.4) is 0 Å². The third-order valence-corrected chi connectivity index (χ3v) is 4.15. The fourth-order valence-electron chi connectivity index (χ4n) is 2.04. The molecule has 0 bridgehead atoms. The molecule has 0 aromatic carbocycles. The molecule has 2 rings (SSSR count). The Morgan fingerprint density at radius 1 is 1.42 bits per heavy atom. The van der Waals surface area contributed by atoms with Crippen molar-refractivity contribution in [3.63, 3.8) is 0 Å². The fraction of sp³-hybridized carbons (Fsp3) is 0.500. The molecule has 4 nitrogen and oxygen atoms in total. The number of methoxy groups -OCH3 is 1. The predicted octanol–water partition coefficient (Wildman–Crippen LogP) is 2.81. The van der Waals surface area contributed by atoms with Gasteiger partial charge in [-0.1, -0.05) is 6.92 Å². The number of thiophene rings is 1. The maximum absolute atomic E-state index is 10.3. The van der Waals surface area contributed by atoms with Crippen LogP contribution in [0.4, 0.5) is 0 Å². The number of aryl methyl sites for hydroxylation is 2. The lowest BCUT2D eigenvalue weighted by Crippen LogP contribution is -2.07. The van der Waals surface area contributed by atoms with Crippen LogP contribution in [0, 0.1) is 0 Å². The maximum atomic E-state index is 10.3. The van der Waals surface area contributed by atoms with Gasteiger partial charge >= 0.3 is 0 Å². The molecule has 0 spiro atoms. The van der Waals surface area contributed by atoms with E-state index in [2.05, 4.69) is 25.0 Å². The lowest BCUT2D eigenvalue weighted by Gasteiger charge is -2.09. The van der Waals surface area contributed by atoms with Gasteiger partial charge in [-0.05, 0) is 25.5 Å². The van der Waals surface area contributed by atoms with E-state index in [-0.39, 0.29) is 0 Å². The molecule has 19 heavy (non-hydrogen) atoms. The van der Waals surface area contributed by atoms with Crippen LogP contribution in [0.25, 0.3) is 0 Å². The van der Waals surface area contributed by atoms with E-state index >= 15 is 0 Å². The Balaban J connectivity index is 2.13. The molecule has 0 radical (unpaired) electrons. The summed E-state index contributed by atoms with van der Waals surface area (Å²) >= 11 is 1.52. The van der Waals surface area contributed by atoms with Crippen LogP contribution in [0.15, 0.2) is 17.5 Å². The Morgan fingerprint density at radius 2 is 2.21 bits per heavy atom. The molecular weight excluding hydrogens is 260 g/mol. The van der Waals surface area contributed by atoms with Crippen molar-refractivity contribution in [3.05, 3.63) is 33.8 Å². The lowest BCUT2D eigenvalue weighted by atomic mass is 10.1. The van der Waals surface area contributed by atoms with E-state index in [9.17, 15) is 5.11 Å². The van der Waals surface area contributed by atoms with Gasteiger partial charge < -0.3 is 9.84 Å². The van der Waals surface area contributed by atoms with Gasteiger partial charge in [-0.2, -0.15) is 5.10 Å². The second-order valence-corrected chi connectivity index (χ2v) is 5.35. The molecule has 2 aromatic rings. The molecule has 0 fully saturated rings. The standard InChI is InChI=1S/C14H20N2O2S/c1-4-10-6-11(16(5-2)15-10)7-13(17)14-8-12(18-3)9-19-14/h6,8-9,13,17H,4-5,7H2,1-3H3. The molecule has 0 saturated heterocycles. The van der Waals surface area contributed by atoms with Gasteiger partial charge in [0.2, 0.25) is 0 Å². The second kappa shape index (κ2) is 6.21. The highest BCUT2D eigenvalue weighted by molar-refractivity contribution is 7.10. The maximum Gasteiger partial charge on any atom is 0.129 e. The Bertz CT molecular complexity index is 533. The number of aliphatic hydroxyl groups excluding tert-OH is 1. The first-order valence-corrected chi connectivity index (χ1v) is 7.42. The topological polar surface area (TPSA) is 47.3 Å². The molecule has 0 saturated carbocycles. The van der Waals surface area contributed by atoms with Crippen LogP contribution in [0.2, 0.25) is 0 Å². The Hall–Kier alpha value is -1.33. The van der Waals surface area contributed by atoms with E-state index in [1.165, 1.54) is 11.3 Å². The van der Waals surface area contributed by atoms with Crippen molar-refractivity contribution in [2.24, 2.45) is 0 Å². The largest absolute Gasteiger partial charge is 0.496 e. The van der Waals surface area contributed by atoms with E-state index in [1.54, 1.807) is 7.11 Å². The van der Waals surface area contributed by atoms with Gasteiger partial charge in [-0.25, -0.2) is 0 Å². The van der Waals surface area contributed by atoms with E-state index < -0.39 is 6.10 Å². The van der Waals surface area contributed by atoms with E-state index in [1.807, 2.05) is 16.1 Å². The van der Waals surface area contributed by atoms with E-state index in [4.69, 9.17) is 4.74 Å². The van der Waals surface area contributed by atoms with Crippen LogP contribution < -0.4 is 4.74 Å². The smallest absolute Gasteiger partial charge is 0.129 e. The molecule has 0 amide bonds. The molecule has 2 aromatic heterocycles. The SMILES string of the molecule is CCc1cc(CC(O)c2cc(OC)cs2)n(CC)n1. The van der Waals surface area contributed by atoms with Gasteiger partial charge in [-0.15, -0.1) is 11.3 Å². The van der Waals surface area contributed by atoms with Crippen LogP contribution >= 0.6 is 11.3 Å². The summed E-state index contributed by atoms with van der Waals surface area (Å²) in [6, 6.07) is 3.97. The fourth-order valence-corrected chi connectivity index (χ4v) is 2.88. The first-order valence-electron chi connectivity index (χ1n) is 6.54. The highest BCUT2D eigenvalue weighted by atomic mass is 32.1. The van der Waals surface area contributed by atoms with Crippen molar-refractivity contribution in [1.82, 2.24) is 9.78 Å². The Labute approximate surface area is 117 Å². The average Bonchev–Trinajstić information content (AvgIpc) is 3.04. The van der Waals surface area contributed by atoms with Crippen molar-refractivity contribution in [3.8, 4) is 5.75 Å². The number of hydrogen-bond donors (Lipinski definition) is 1. The normalized spacial score (nSPS) is 12.6. The zero-order valence-corrected chi connectivity index (χ0v) is 12.4. The second-order valence-electron chi connectivity index (χ2n) is 4.41. The lowest BCUT2D eigenvalue weighted by molar-refractivity contribution is 0.179. The average molecular weight is 280 g/mol. The van der Waals surface area contributed by atoms with Gasteiger partial charge in [0.15, 0.2) is 0 Å². The summed E-state index contributed by atoms with van der Waals surface area (Å²) in [5.74, 6) is 0.803.